The summed E-state index contributed by atoms with van der Waals surface area (Å²) < 4.78 is 5.56. The normalized spacial score (nSPS) is 9.92. The number of aromatic nitrogens is 1. The average Bonchev–Trinajstić information content (AvgIpc) is 2.59. The molecule has 0 saturated heterocycles. The number of carbonyl (C=O) groups is 3. The van der Waals surface area contributed by atoms with Crippen LogP contribution in [-0.2, 0) is 9.53 Å². The predicted octanol–water partition coefficient (Wildman–Crippen LogP) is 2.00. The maximum Gasteiger partial charge on any atom is 0.340 e. The zero-order valence-corrected chi connectivity index (χ0v) is 14.3. The van der Waals surface area contributed by atoms with Crippen molar-refractivity contribution in [2.75, 3.05) is 19.0 Å². The Morgan fingerprint density at radius 2 is 1.83 bits per heavy atom. The van der Waals surface area contributed by atoms with Crippen molar-refractivity contribution in [1.29, 1.82) is 0 Å². The number of hydrogen-bond donors (Lipinski definition) is 2. The van der Waals surface area contributed by atoms with Crippen molar-refractivity contribution in [1.82, 2.24) is 10.3 Å². The molecule has 2 aromatic rings. The number of esters is 1. The first kappa shape index (κ1) is 17.6. The van der Waals surface area contributed by atoms with Crippen LogP contribution in [0.3, 0.4) is 0 Å². The molecular weight excluding hydrogens is 378 g/mol. The number of anilines is 1. The van der Waals surface area contributed by atoms with E-state index in [1.54, 1.807) is 30.3 Å². The van der Waals surface area contributed by atoms with E-state index < -0.39 is 18.5 Å². The van der Waals surface area contributed by atoms with E-state index in [4.69, 9.17) is 4.74 Å². The second-order valence-electron chi connectivity index (χ2n) is 4.67. The van der Waals surface area contributed by atoms with Crippen LogP contribution in [0.25, 0.3) is 0 Å². The summed E-state index contributed by atoms with van der Waals surface area (Å²) in [6, 6.07) is 7.87. The molecule has 24 heavy (non-hydrogen) atoms. The minimum Gasteiger partial charge on any atom is -0.452 e. The van der Waals surface area contributed by atoms with E-state index in [2.05, 4.69) is 31.5 Å². The van der Waals surface area contributed by atoms with E-state index in [0.29, 0.717) is 15.7 Å². The molecule has 0 saturated carbocycles. The van der Waals surface area contributed by atoms with E-state index in [-0.39, 0.29) is 11.5 Å². The first-order valence-electron chi connectivity index (χ1n) is 6.89. The Morgan fingerprint density at radius 1 is 1.12 bits per heavy atom. The molecule has 0 spiro atoms. The van der Waals surface area contributed by atoms with Gasteiger partial charge in [-0.15, -0.1) is 0 Å². The monoisotopic (exact) mass is 391 g/mol. The number of hydrogen-bond acceptors (Lipinski definition) is 5. The van der Waals surface area contributed by atoms with Gasteiger partial charge in [0.15, 0.2) is 6.61 Å². The van der Waals surface area contributed by atoms with E-state index in [1.807, 2.05) is 0 Å². The summed E-state index contributed by atoms with van der Waals surface area (Å²) in [6.07, 6.45) is 2.88. The van der Waals surface area contributed by atoms with Crippen molar-refractivity contribution in [3.05, 3.63) is 58.3 Å². The summed E-state index contributed by atoms with van der Waals surface area (Å²) in [5, 5.41) is 5.07. The Morgan fingerprint density at radius 3 is 2.46 bits per heavy atom. The lowest BCUT2D eigenvalue weighted by molar-refractivity contribution is -0.119. The van der Waals surface area contributed by atoms with Crippen molar-refractivity contribution in [2.45, 2.75) is 0 Å². The van der Waals surface area contributed by atoms with Crippen LogP contribution in [0, 0.1) is 0 Å². The molecule has 0 aliphatic rings. The average molecular weight is 392 g/mol. The highest BCUT2D eigenvalue weighted by molar-refractivity contribution is 9.10. The lowest BCUT2D eigenvalue weighted by atomic mass is 10.2. The van der Waals surface area contributed by atoms with Gasteiger partial charge in [0.05, 0.1) is 5.56 Å². The fraction of sp³-hybridized carbons (Fsp3) is 0.125. The van der Waals surface area contributed by atoms with Gasteiger partial charge in [0.2, 0.25) is 0 Å². The molecule has 0 aliphatic carbocycles. The molecule has 0 aliphatic heterocycles. The summed E-state index contributed by atoms with van der Waals surface area (Å²) in [5.41, 5.74) is 1.21. The van der Waals surface area contributed by atoms with Crippen molar-refractivity contribution in [2.24, 2.45) is 0 Å². The van der Waals surface area contributed by atoms with Crippen LogP contribution >= 0.6 is 15.9 Å². The molecule has 0 bridgehead atoms. The summed E-state index contributed by atoms with van der Waals surface area (Å²) in [5.74, 6) is -1.35. The minimum absolute atomic E-state index is 0.218. The Kier molecular flexibility index (Phi) is 6.02. The molecule has 1 heterocycles. The van der Waals surface area contributed by atoms with Crippen LogP contribution in [0.5, 0.6) is 0 Å². The standard InChI is InChI=1S/C16H14BrN3O4/c1-18-15(22)10-2-4-13(5-3-10)20-14(21)9-24-16(23)11-6-12(17)8-19-7-11/h2-8H,9H2,1H3,(H,18,22)(H,20,21). The maximum absolute atomic E-state index is 11.8. The Bertz CT molecular complexity index is 762. The van der Waals surface area contributed by atoms with Crippen LogP contribution in [0.15, 0.2) is 47.2 Å². The number of rotatable bonds is 5. The van der Waals surface area contributed by atoms with Crippen LogP contribution in [0.2, 0.25) is 0 Å². The molecule has 0 fully saturated rings. The number of benzene rings is 1. The van der Waals surface area contributed by atoms with Crippen LogP contribution in [-0.4, -0.2) is 36.4 Å². The zero-order valence-electron chi connectivity index (χ0n) is 12.7. The molecule has 8 heteroatoms. The second kappa shape index (κ2) is 8.21. The van der Waals surface area contributed by atoms with Crippen molar-refractivity contribution >= 4 is 39.4 Å². The molecule has 2 N–H and O–H groups in total. The fourth-order valence-corrected chi connectivity index (χ4v) is 2.15. The van der Waals surface area contributed by atoms with Gasteiger partial charge in [-0.05, 0) is 46.3 Å². The molecule has 0 atom stereocenters. The summed E-state index contributed by atoms with van der Waals surface area (Å²) in [7, 11) is 1.53. The number of ether oxygens (including phenoxy) is 1. The van der Waals surface area contributed by atoms with Gasteiger partial charge in [-0.2, -0.15) is 0 Å². The summed E-state index contributed by atoms with van der Waals surface area (Å²) >= 11 is 3.20. The van der Waals surface area contributed by atoms with Crippen molar-refractivity contribution in [3.8, 4) is 0 Å². The summed E-state index contributed by atoms with van der Waals surface area (Å²) in [4.78, 5) is 38.9. The topological polar surface area (TPSA) is 97.4 Å². The number of nitrogens with zero attached hydrogens (tertiary/aromatic N) is 1. The van der Waals surface area contributed by atoms with Crippen molar-refractivity contribution < 1.29 is 19.1 Å². The van der Waals surface area contributed by atoms with Gasteiger partial charge in [-0.1, -0.05) is 0 Å². The highest BCUT2D eigenvalue weighted by Crippen LogP contribution is 2.11. The fourth-order valence-electron chi connectivity index (χ4n) is 1.78. The molecule has 2 amide bonds. The molecule has 1 aromatic carbocycles. The van der Waals surface area contributed by atoms with Gasteiger partial charge in [-0.3, -0.25) is 14.6 Å². The highest BCUT2D eigenvalue weighted by atomic mass is 79.9. The number of nitrogens with one attached hydrogen (secondary N) is 2. The minimum atomic E-state index is -0.645. The number of halogens is 1. The third-order valence-corrected chi connectivity index (χ3v) is 3.37. The molecule has 0 unspecified atom stereocenters. The van der Waals surface area contributed by atoms with Gasteiger partial charge in [0, 0.05) is 35.2 Å². The molecule has 7 nitrogen and oxygen atoms in total. The van der Waals surface area contributed by atoms with Gasteiger partial charge in [0.25, 0.3) is 11.8 Å². The van der Waals surface area contributed by atoms with Gasteiger partial charge >= 0.3 is 5.97 Å². The number of amides is 2. The SMILES string of the molecule is CNC(=O)c1ccc(NC(=O)COC(=O)c2cncc(Br)c2)cc1. The maximum atomic E-state index is 11.8. The van der Waals surface area contributed by atoms with Crippen LogP contribution in [0.1, 0.15) is 20.7 Å². The van der Waals surface area contributed by atoms with Gasteiger partial charge < -0.3 is 15.4 Å². The van der Waals surface area contributed by atoms with Gasteiger partial charge in [-0.25, -0.2) is 4.79 Å². The van der Waals surface area contributed by atoms with Gasteiger partial charge in [0.1, 0.15) is 0 Å². The lowest BCUT2D eigenvalue weighted by Gasteiger charge is -2.07. The van der Waals surface area contributed by atoms with E-state index >= 15 is 0 Å². The van der Waals surface area contributed by atoms with Crippen molar-refractivity contribution in [3.63, 3.8) is 0 Å². The third-order valence-electron chi connectivity index (χ3n) is 2.93. The quantitative estimate of drug-likeness (QED) is 0.759. The van der Waals surface area contributed by atoms with E-state index in [0.717, 1.165) is 0 Å². The molecule has 124 valence electrons. The Balaban J connectivity index is 1.87. The molecule has 2 rings (SSSR count). The van der Waals surface area contributed by atoms with E-state index in [1.165, 1.54) is 19.4 Å². The Labute approximate surface area is 146 Å². The molecule has 1 aromatic heterocycles. The molecule has 0 radical (unpaired) electrons. The number of pyridine rings is 1. The van der Waals surface area contributed by atoms with Crippen LogP contribution in [0.4, 0.5) is 5.69 Å². The predicted molar refractivity (Wildman–Crippen MR) is 90.7 cm³/mol. The first-order valence-corrected chi connectivity index (χ1v) is 7.68. The highest BCUT2D eigenvalue weighted by Gasteiger charge is 2.11. The largest absolute Gasteiger partial charge is 0.452 e. The number of carbonyl (C=O) groups excluding carboxylic acids is 3. The lowest BCUT2D eigenvalue weighted by Crippen LogP contribution is -2.21. The van der Waals surface area contributed by atoms with Crippen LogP contribution < -0.4 is 10.6 Å². The smallest absolute Gasteiger partial charge is 0.340 e. The Hall–Kier alpha value is -2.74. The summed E-state index contributed by atoms with van der Waals surface area (Å²) in [6.45, 7) is -0.428. The second-order valence-corrected chi connectivity index (χ2v) is 5.59. The zero-order chi connectivity index (χ0) is 17.5. The molecular formula is C16H14BrN3O4. The van der Waals surface area contributed by atoms with E-state index in [9.17, 15) is 14.4 Å². The third kappa shape index (κ3) is 4.88. The first-order chi connectivity index (χ1) is 11.5.